The van der Waals surface area contributed by atoms with E-state index in [0.717, 1.165) is 29.3 Å². The first-order valence-electron chi connectivity index (χ1n) is 6.79. The number of nitrogens with zero attached hydrogens (tertiary/aromatic N) is 2. The van der Waals surface area contributed by atoms with E-state index < -0.39 is 0 Å². The number of hydrogen-bond donors (Lipinski definition) is 1. The summed E-state index contributed by atoms with van der Waals surface area (Å²) in [6, 6.07) is 8.36. The van der Waals surface area contributed by atoms with E-state index in [2.05, 4.69) is 63.5 Å². The zero-order valence-corrected chi connectivity index (χ0v) is 12.5. The third kappa shape index (κ3) is 2.50. The number of anilines is 1. The van der Waals surface area contributed by atoms with Gasteiger partial charge in [-0.25, -0.2) is 4.98 Å². The van der Waals surface area contributed by atoms with Gasteiger partial charge in [0.25, 0.3) is 0 Å². The number of nitrogens with two attached hydrogens (primary N) is 1. The molecule has 0 spiro atoms. The predicted octanol–water partition coefficient (Wildman–Crippen LogP) is 3.76. The molecule has 0 unspecified atom stereocenters. The lowest BCUT2D eigenvalue weighted by molar-refractivity contribution is 0.389. The fraction of sp³-hybridized carbons (Fsp3) is 0.438. The maximum Gasteiger partial charge on any atom is 0.132 e. The third-order valence-corrected chi connectivity index (χ3v) is 3.29. The smallest absolute Gasteiger partial charge is 0.132 e. The van der Waals surface area contributed by atoms with Crippen LogP contribution in [0.25, 0.3) is 11.3 Å². The van der Waals surface area contributed by atoms with Crippen molar-refractivity contribution < 1.29 is 0 Å². The summed E-state index contributed by atoms with van der Waals surface area (Å²) >= 11 is 0. The number of rotatable bonds is 2. The highest BCUT2D eigenvalue weighted by Crippen LogP contribution is 2.31. The molecule has 0 aliphatic carbocycles. The van der Waals surface area contributed by atoms with E-state index in [0.29, 0.717) is 0 Å². The number of aryl methyl sites for hydroxylation is 2. The van der Waals surface area contributed by atoms with Crippen molar-refractivity contribution in [2.45, 2.75) is 46.6 Å². The Hall–Kier alpha value is -1.77. The highest BCUT2D eigenvalue weighted by molar-refractivity contribution is 5.71. The fourth-order valence-corrected chi connectivity index (χ4v) is 2.39. The van der Waals surface area contributed by atoms with Gasteiger partial charge in [0.2, 0.25) is 0 Å². The minimum atomic E-state index is -0.0502. The van der Waals surface area contributed by atoms with Crippen LogP contribution in [0.2, 0.25) is 0 Å². The first-order chi connectivity index (χ1) is 8.84. The molecule has 2 aromatic rings. The summed E-state index contributed by atoms with van der Waals surface area (Å²) in [6.07, 6.45) is 0.882. The lowest BCUT2D eigenvalue weighted by Crippen LogP contribution is -2.25. The van der Waals surface area contributed by atoms with Crippen LogP contribution in [0, 0.1) is 6.92 Å². The minimum Gasteiger partial charge on any atom is -0.383 e. The van der Waals surface area contributed by atoms with Gasteiger partial charge < -0.3 is 10.3 Å². The first kappa shape index (κ1) is 13.7. The Morgan fingerprint density at radius 3 is 2.16 bits per heavy atom. The van der Waals surface area contributed by atoms with Crippen LogP contribution in [0.3, 0.4) is 0 Å². The normalized spacial score (nSPS) is 11.8. The Kier molecular flexibility index (Phi) is 3.40. The second-order valence-electron chi connectivity index (χ2n) is 5.99. The zero-order chi connectivity index (χ0) is 14.2. The molecule has 0 bridgehead atoms. The molecule has 1 heterocycles. The van der Waals surface area contributed by atoms with Crippen LogP contribution in [-0.2, 0) is 12.0 Å². The molecule has 0 atom stereocenters. The van der Waals surface area contributed by atoms with Gasteiger partial charge in [0.05, 0.1) is 0 Å². The maximum absolute atomic E-state index is 6.34. The summed E-state index contributed by atoms with van der Waals surface area (Å²) in [5.74, 6) is 1.80. The average Bonchev–Trinajstić information content (AvgIpc) is 2.67. The van der Waals surface area contributed by atoms with Gasteiger partial charge in [0.1, 0.15) is 17.3 Å². The number of benzene rings is 1. The monoisotopic (exact) mass is 257 g/mol. The van der Waals surface area contributed by atoms with E-state index in [-0.39, 0.29) is 5.54 Å². The van der Waals surface area contributed by atoms with Crippen LogP contribution in [0.1, 0.15) is 39.1 Å². The van der Waals surface area contributed by atoms with Crippen LogP contribution >= 0.6 is 0 Å². The van der Waals surface area contributed by atoms with Crippen molar-refractivity contribution >= 4 is 5.82 Å². The average molecular weight is 257 g/mol. The topological polar surface area (TPSA) is 43.8 Å². The van der Waals surface area contributed by atoms with E-state index in [4.69, 9.17) is 10.7 Å². The molecular formula is C16H23N3. The maximum atomic E-state index is 6.34. The molecule has 0 saturated carbocycles. The molecule has 0 radical (unpaired) electrons. The van der Waals surface area contributed by atoms with Gasteiger partial charge in [-0.3, -0.25) is 0 Å². The molecule has 1 aromatic carbocycles. The molecule has 2 N–H and O–H groups in total. The standard InChI is InChI=1S/C16H23N3/c1-6-13-18-14(12-9-7-11(2)8-10-12)15(17)19(13)16(3,4)5/h7-10H,6,17H2,1-5H3. The van der Waals surface area contributed by atoms with Crippen LogP contribution in [-0.4, -0.2) is 9.55 Å². The summed E-state index contributed by atoms with van der Waals surface area (Å²) < 4.78 is 2.14. The Bertz CT molecular complexity index is 571. The van der Waals surface area contributed by atoms with Crippen LogP contribution in [0.15, 0.2) is 24.3 Å². The summed E-state index contributed by atoms with van der Waals surface area (Å²) in [4.78, 5) is 4.73. The number of nitrogen functional groups attached to an aromatic ring is 1. The quantitative estimate of drug-likeness (QED) is 0.890. The van der Waals surface area contributed by atoms with Crippen LogP contribution in [0.5, 0.6) is 0 Å². The van der Waals surface area contributed by atoms with Gasteiger partial charge in [0.15, 0.2) is 0 Å². The lowest BCUT2D eigenvalue weighted by atomic mass is 10.1. The molecule has 0 aliphatic rings. The molecule has 2 rings (SSSR count). The molecule has 0 fully saturated rings. The van der Waals surface area contributed by atoms with Crippen molar-refractivity contribution in [1.82, 2.24) is 9.55 Å². The SMILES string of the molecule is CCc1nc(-c2ccc(C)cc2)c(N)n1C(C)(C)C. The summed E-state index contributed by atoms with van der Waals surface area (Å²) in [5, 5.41) is 0. The zero-order valence-electron chi connectivity index (χ0n) is 12.5. The van der Waals surface area contributed by atoms with Gasteiger partial charge >= 0.3 is 0 Å². The molecule has 0 saturated heterocycles. The van der Waals surface area contributed by atoms with Crippen molar-refractivity contribution in [3.05, 3.63) is 35.7 Å². The van der Waals surface area contributed by atoms with Gasteiger partial charge in [-0.05, 0) is 27.7 Å². The van der Waals surface area contributed by atoms with E-state index in [1.54, 1.807) is 0 Å². The molecule has 3 nitrogen and oxygen atoms in total. The molecule has 102 valence electrons. The Labute approximate surface area is 115 Å². The van der Waals surface area contributed by atoms with Crippen molar-refractivity contribution in [2.75, 3.05) is 5.73 Å². The Morgan fingerprint density at radius 2 is 1.74 bits per heavy atom. The first-order valence-corrected chi connectivity index (χ1v) is 6.79. The number of hydrogen-bond acceptors (Lipinski definition) is 2. The molecule has 19 heavy (non-hydrogen) atoms. The molecule has 1 aromatic heterocycles. The predicted molar refractivity (Wildman–Crippen MR) is 81.2 cm³/mol. The van der Waals surface area contributed by atoms with Gasteiger partial charge in [-0.1, -0.05) is 36.8 Å². The number of aromatic nitrogens is 2. The van der Waals surface area contributed by atoms with Gasteiger partial charge in [-0.2, -0.15) is 0 Å². The second-order valence-corrected chi connectivity index (χ2v) is 5.99. The fourth-order valence-electron chi connectivity index (χ4n) is 2.39. The largest absolute Gasteiger partial charge is 0.383 e. The Balaban J connectivity index is 2.60. The highest BCUT2D eigenvalue weighted by Gasteiger charge is 2.23. The summed E-state index contributed by atoms with van der Waals surface area (Å²) in [7, 11) is 0. The second kappa shape index (κ2) is 4.72. The Morgan fingerprint density at radius 1 is 1.16 bits per heavy atom. The van der Waals surface area contributed by atoms with Crippen molar-refractivity contribution in [3.63, 3.8) is 0 Å². The van der Waals surface area contributed by atoms with Crippen molar-refractivity contribution in [2.24, 2.45) is 0 Å². The summed E-state index contributed by atoms with van der Waals surface area (Å²) in [5.41, 5.74) is 9.51. The molecule has 0 amide bonds. The molecule has 3 heteroatoms. The van der Waals surface area contributed by atoms with Crippen LogP contribution < -0.4 is 5.73 Å². The lowest BCUT2D eigenvalue weighted by Gasteiger charge is -2.24. The minimum absolute atomic E-state index is 0.0502. The van der Waals surface area contributed by atoms with E-state index in [9.17, 15) is 0 Å². The number of imidazole rings is 1. The third-order valence-electron chi connectivity index (χ3n) is 3.29. The van der Waals surface area contributed by atoms with E-state index in [1.165, 1.54) is 5.56 Å². The summed E-state index contributed by atoms with van der Waals surface area (Å²) in [6.45, 7) is 10.7. The van der Waals surface area contributed by atoms with Gasteiger partial charge in [-0.15, -0.1) is 0 Å². The van der Waals surface area contributed by atoms with E-state index in [1.807, 2.05) is 0 Å². The van der Waals surface area contributed by atoms with Crippen LogP contribution in [0.4, 0.5) is 5.82 Å². The van der Waals surface area contributed by atoms with Gasteiger partial charge in [0, 0.05) is 17.5 Å². The van der Waals surface area contributed by atoms with Crippen molar-refractivity contribution in [3.8, 4) is 11.3 Å². The highest BCUT2D eigenvalue weighted by atomic mass is 15.2. The van der Waals surface area contributed by atoms with Crippen molar-refractivity contribution in [1.29, 1.82) is 0 Å². The van der Waals surface area contributed by atoms with E-state index >= 15 is 0 Å². The molecule has 0 aliphatic heterocycles. The molecular weight excluding hydrogens is 234 g/mol.